The number of hydrogen-bond donors (Lipinski definition) is 0. The van der Waals surface area contributed by atoms with E-state index >= 15 is 0 Å². The highest BCUT2D eigenvalue weighted by Crippen LogP contribution is 2.36. The molecular formula is C50H55ClO9. The quantitative estimate of drug-likeness (QED) is 0.0554. The van der Waals surface area contributed by atoms with Crippen LogP contribution in [0.1, 0.15) is 95.2 Å². The Bertz CT molecular complexity index is 2040. The summed E-state index contributed by atoms with van der Waals surface area (Å²) < 4.78 is 65.2. The summed E-state index contributed by atoms with van der Waals surface area (Å²) in [5.74, 6) is 5.68. The molecule has 0 saturated heterocycles. The van der Waals surface area contributed by atoms with Crippen molar-refractivity contribution in [2.24, 2.45) is 0 Å². The van der Waals surface area contributed by atoms with Crippen LogP contribution in [0.15, 0.2) is 137 Å². The van der Waals surface area contributed by atoms with Crippen molar-refractivity contribution in [3.05, 3.63) is 150 Å². The second-order valence-corrected chi connectivity index (χ2v) is 15.1. The molecule has 0 radical (unpaired) electrons. The minimum atomic E-state index is -4.94. The second-order valence-electron chi connectivity index (χ2n) is 14.4. The Morgan fingerprint density at radius 3 is 1.25 bits per heavy atom. The molecule has 1 aliphatic heterocycles. The molecule has 0 unspecified atom stereocenters. The number of benzene rings is 4. The van der Waals surface area contributed by atoms with Crippen molar-refractivity contribution in [3.63, 3.8) is 0 Å². The van der Waals surface area contributed by atoms with Gasteiger partial charge in [0.1, 0.15) is 28.8 Å². The third kappa shape index (κ3) is 15.6. The van der Waals surface area contributed by atoms with Crippen LogP contribution in [0.25, 0.3) is 40.2 Å². The normalized spacial score (nSPS) is 13.1. The first-order valence-electron chi connectivity index (χ1n) is 20.8. The first-order chi connectivity index (χ1) is 29.1. The van der Waals surface area contributed by atoms with E-state index in [2.05, 4.69) is 99.7 Å². The molecule has 6 rings (SSSR count). The Labute approximate surface area is 356 Å². The van der Waals surface area contributed by atoms with Crippen LogP contribution in [0.5, 0.6) is 17.2 Å². The molecular weight excluding hydrogens is 780 g/mol. The summed E-state index contributed by atoms with van der Waals surface area (Å²) >= 11 is 0. The number of ether oxygens (including phenoxy) is 4. The van der Waals surface area contributed by atoms with Crippen LogP contribution in [0.3, 0.4) is 0 Å². The van der Waals surface area contributed by atoms with Gasteiger partial charge in [-0.25, -0.2) is 23.1 Å². The maximum Gasteiger partial charge on any atom is 0.361 e. The molecule has 0 amide bonds. The molecule has 2 heterocycles. The van der Waals surface area contributed by atoms with Crippen LogP contribution in [0, 0.1) is 10.2 Å². The van der Waals surface area contributed by atoms with Gasteiger partial charge in [0.2, 0.25) is 0 Å². The standard InChI is InChI=1S/C50H55O5.ClHO4/c1-4-7-13-30-51-44-24-18-41(19-25-44)48-35-38(34-47(54-48)40-16-11-10-12-17-40)33-39-36-49(42-20-26-45(27-21-42)52-31-14-8-5-2)55-50(37-39)43-22-28-46(29-23-43)53-32-15-9-6-3;2-1(3,4)5/h10-12,16-29,33-37H,4-9,13-15,30-32H2,1-3H3;(H,2,3,4,5)/q+1;/p-1. The fourth-order valence-electron chi connectivity index (χ4n) is 6.35. The predicted molar refractivity (Wildman–Crippen MR) is 227 cm³/mol. The van der Waals surface area contributed by atoms with Crippen LogP contribution in [-0.4, -0.2) is 19.8 Å². The zero-order valence-electron chi connectivity index (χ0n) is 34.7. The molecule has 60 heavy (non-hydrogen) atoms. The number of rotatable bonds is 20. The van der Waals surface area contributed by atoms with Crippen molar-refractivity contribution in [3.8, 4) is 39.9 Å². The van der Waals surface area contributed by atoms with Crippen molar-refractivity contribution >= 4 is 17.6 Å². The first-order valence-corrected chi connectivity index (χ1v) is 22.0. The van der Waals surface area contributed by atoms with E-state index in [9.17, 15) is 0 Å². The third-order valence-electron chi connectivity index (χ3n) is 9.49. The highest BCUT2D eigenvalue weighted by Gasteiger charge is 2.21. The van der Waals surface area contributed by atoms with Crippen molar-refractivity contribution < 1.29 is 52.2 Å². The molecule has 5 aromatic rings. The Balaban J connectivity index is 0.00000129. The number of hydrogen-bond acceptors (Lipinski definition) is 8. The van der Waals surface area contributed by atoms with E-state index in [-0.39, 0.29) is 0 Å². The van der Waals surface area contributed by atoms with E-state index in [0.717, 1.165) is 113 Å². The van der Waals surface area contributed by atoms with Crippen LogP contribution in [0.4, 0.5) is 0 Å². The third-order valence-corrected chi connectivity index (χ3v) is 9.49. The summed E-state index contributed by atoms with van der Waals surface area (Å²) in [7, 11) is -4.94. The van der Waals surface area contributed by atoms with Crippen molar-refractivity contribution in [1.82, 2.24) is 0 Å². The second kappa shape index (κ2) is 24.0. The largest absolute Gasteiger partial charge is 0.494 e. The first kappa shape index (κ1) is 45.7. The fraction of sp³-hybridized carbons (Fsp3) is 0.300. The molecule has 0 saturated carbocycles. The van der Waals surface area contributed by atoms with E-state index in [1.54, 1.807) is 0 Å². The Hall–Kier alpha value is -5.42. The lowest BCUT2D eigenvalue weighted by molar-refractivity contribution is -2.00. The molecule has 9 nitrogen and oxygen atoms in total. The molecule has 0 bridgehead atoms. The van der Waals surface area contributed by atoms with Gasteiger partial charge in [-0.15, -0.1) is 10.2 Å². The van der Waals surface area contributed by atoms with Gasteiger partial charge in [-0.05, 0) is 121 Å². The summed E-state index contributed by atoms with van der Waals surface area (Å²) in [6, 6.07) is 39.0. The van der Waals surface area contributed by atoms with E-state index in [0.29, 0.717) is 0 Å². The molecule has 0 atom stereocenters. The Morgan fingerprint density at radius 2 is 0.867 bits per heavy atom. The van der Waals surface area contributed by atoms with Gasteiger partial charge in [0.25, 0.3) is 0 Å². The van der Waals surface area contributed by atoms with Gasteiger partial charge < -0.3 is 18.9 Å². The lowest BCUT2D eigenvalue weighted by Gasteiger charge is -2.19. The molecule has 4 aromatic carbocycles. The van der Waals surface area contributed by atoms with Gasteiger partial charge in [0, 0.05) is 11.1 Å². The van der Waals surface area contributed by atoms with Gasteiger partial charge in [-0.2, -0.15) is 0 Å². The van der Waals surface area contributed by atoms with E-state index in [1.165, 1.54) is 38.5 Å². The van der Waals surface area contributed by atoms with Crippen molar-refractivity contribution in [2.75, 3.05) is 19.8 Å². The minimum Gasteiger partial charge on any atom is -0.494 e. The minimum absolute atomic E-state index is 0.720. The summed E-state index contributed by atoms with van der Waals surface area (Å²) in [6.45, 7) is 8.77. The van der Waals surface area contributed by atoms with Crippen molar-refractivity contribution in [1.29, 1.82) is 0 Å². The smallest absolute Gasteiger partial charge is 0.361 e. The molecule has 0 aliphatic carbocycles. The van der Waals surface area contributed by atoms with Gasteiger partial charge in [-0.1, -0.05) is 89.6 Å². The maximum atomic E-state index is 8.49. The van der Waals surface area contributed by atoms with Crippen molar-refractivity contribution in [2.45, 2.75) is 78.6 Å². The van der Waals surface area contributed by atoms with Gasteiger partial charge in [-0.3, -0.25) is 0 Å². The zero-order chi connectivity index (χ0) is 42.6. The summed E-state index contributed by atoms with van der Waals surface area (Å²) in [4.78, 5) is 0. The lowest BCUT2D eigenvalue weighted by Crippen LogP contribution is -2.68. The molecule has 0 N–H and O–H groups in total. The highest BCUT2D eigenvalue weighted by molar-refractivity contribution is 5.82. The van der Waals surface area contributed by atoms with Crippen LogP contribution in [0.2, 0.25) is 0 Å². The lowest BCUT2D eigenvalue weighted by atomic mass is 10.0. The van der Waals surface area contributed by atoms with Crippen LogP contribution >= 0.6 is 0 Å². The Morgan fingerprint density at radius 1 is 0.500 bits per heavy atom. The van der Waals surface area contributed by atoms with Gasteiger partial charge in [0.05, 0.1) is 43.1 Å². The Kier molecular flexibility index (Phi) is 18.3. The topological polar surface area (TPSA) is 140 Å². The van der Waals surface area contributed by atoms with E-state index in [4.69, 9.17) is 42.0 Å². The summed E-state index contributed by atoms with van der Waals surface area (Å²) in [6.07, 6.45) is 16.6. The number of unbranched alkanes of at least 4 members (excludes halogenated alkanes) is 6. The monoisotopic (exact) mass is 834 g/mol. The molecule has 1 aliphatic rings. The fourth-order valence-corrected chi connectivity index (χ4v) is 6.35. The van der Waals surface area contributed by atoms with Crippen LogP contribution < -0.4 is 32.8 Å². The SMILES string of the molecule is CCCCCOc1ccc(C2=CC(=Cc3cc(-c4ccc(OCCCCC)cc4)[o+]c(-c4ccc(OCCCCC)cc4)c3)C=C(c3ccccc3)O2)cc1.[O-][Cl+3]([O-])([O-])[O-]. The summed E-state index contributed by atoms with van der Waals surface area (Å²) in [5.41, 5.74) is 5.94. The average molecular weight is 835 g/mol. The van der Waals surface area contributed by atoms with Gasteiger partial charge in [0.15, 0.2) is 0 Å². The van der Waals surface area contributed by atoms with Crippen LogP contribution in [-0.2, 0) is 4.74 Å². The zero-order valence-corrected chi connectivity index (χ0v) is 35.5. The van der Waals surface area contributed by atoms with E-state index < -0.39 is 10.2 Å². The number of allylic oxidation sites excluding steroid dienone is 3. The maximum absolute atomic E-state index is 8.49. The molecule has 0 spiro atoms. The van der Waals surface area contributed by atoms with Gasteiger partial charge >= 0.3 is 11.5 Å². The molecule has 10 heteroatoms. The summed E-state index contributed by atoms with van der Waals surface area (Å²) in [5, 5.41) is 0. The average Bonchev–Trinajstić information content (AvgIpc) is 3.25. The molecule has 316 valence electrons. The molecule has 0 fully saturated rings. The molecule has 1 aromatic heterocycles. The van der Waals surface area contributed by atoms with E-state index in [1.807, 2.05) is 54.6 Å². The predicted octanol–water partition coefficient (Wildman–Crippen LogP) is 9.34. The highest BCUT2D eigenvalue weighted by atomic mass is 35.7. The number of halogens is 1.